The molecule has 0 fully saturated rings. The van der Waals surface area contributed by atoms with Gasteiger partial charge in [0.25, 0.3) is 5.89 Å². The fraction of sp³-hybridized carbons (Fsp3) is 0.364. The molecule has 0 bridgehead atoms. The van der Waals surface area contributed by atoms with Crippen molar-refractivity contribution in [3.05, 3.63) is 23.4 Å². The van der Waals surface area contributed by atoms with Crippen LogP contribution in [0.5, 0.6) is 0 Å². The summed E-state index contributed by atoms with van der Waals surface area (Å²) in [6, 6.07) is 3.82. The van der Waals surface area contributed by atoms with E-state index < -0.39 is 11.2 Å². The molecule has 18 heavy (non-hydrogen) atoms. The molecule has 1 N–H and O–H groups in total. The van der Waals surface area contributed by atoms with Gasteiger partial charge in [0, 0.05) is 0 Å². The number of rotatable bonds is 6. The lowest BCUT2D eigenvalue weighted by molar-refractivity contribution is -0.136. The smallest absolute Gasteiger partial charge is 0.316 e. The quantitative estimate of drug-likeness (QED) is 0.879. The second kappa shape index (κ2) is 6.01. The lowest BCUT2D eigenvalue weighted by Gasteiger charge is -2.06. The zero-order chi connectivity index (χ0) is 13.0. The monoisotopic (exact) mass is 284 g/mol. The number of hydrogen-bond donors (Lipinski definition) is 1. The summed E-state index contributed by atoms with van der Waals surface area (Å²) in [5.41, 5.74) is 0. The predicted molar refractivity (Wildman–Crippen MR) is 70.6 cm³/mol. The van der Waals surface area contributed by atoms with Crippen molar-refractivity contribution in [3.63, 3.8) is 0 Å². The Kier molecular flexibility index (Phi) is 4.38. The van der Waals surface area contributed by atoms with Crippen LogP contribution in [0, 0.1) is 0 Å². The molecule has 0 aliphatic rings. The van der Waals surface area contributed by atoms with E-state index in [4.69, 9.17) is 9.52 Å². The SMILES string of the molecule is CCC(SCc1nnc(-c2cccs2)o1)C(=O)O. The van der Waals surface area contributed by atoms with Crippen LogP contribution in [0.25, 0.3) is 10.8 Å². The Hall–Kier alpha value is -1.34. The number of aliphatic carboxylic acids is 1. The molecule has 0 saturated heterocycles. The number of carboxylic acid groups (broad SMARTS) is 1. The Balaban J connectivity index is 1.97. The van der Waals surface area contributed by atoms with Crippen molar-refractivity contribution in [1.82, 2.24) is 10.2 Å². The van der Waals surface area contributed by atoms with Crippen LogP contribution in [0.2, 0.25) is 0 Å². The summed E-state index contributed by atoms with van der Waals surface area (Å²) in [5, 5.41) is 18.3. The highest BCUT2D eigenvalue weighted by Crippen LogP contribution is 2.25. The van der Waals surface area contributed by atoms with Crippen LogP contribution >= 0.6 is 23.1 Å². The first-order valence-electron chi connectivity index (χ1n) is 5.41. The second-order valence-corrected chi connectivity index (χ2v) is 5.66. The van der Waals surface area contributed by atoms with Crippen LogP contribution in [0.15, 0.2) is 21.9 Å². The van der Waals surface area contributed by atoms with Gasteiger partial charge in [0.15, 0.2) is 0 Å². The molecule has 2 heterocycles. The van der Waals surface area contributed by atoms with Gasteiger partial charge in [0.2, 0.25) is 5.89 Å². The molecular formula is C11H12N2O3S2. The largest absolute Gasteiger partial charge is 0.480 e. The van der Waals surface area contributed by atoms with Gasteiger partial charge in [-0.25, -0.2) is 0 Å². The lowest BCUT2D eigenvalue weighted by atomic mass is 10.3. The van der Waals surface area contributed by atoms with Gasteiger partial charge in [0.05, 0.1) is 10.6 Å². The van der Waals surface area contributed by atoms with E-state index in [1.807, 2.05) is 24.4 Å². The number of carboxylic acids is 1. The van der Waals surface area contributed by atoms with E-state index in [1.54, 1.807) is 0 Å². The zero-order valence-electron chi connectivity index (χ0n) is 9.70. The minimum absolute atomic E-state index is 0.420. The van der Waals surface area contributed by atoms with E-state index in [2.05, 4.69) is 10.2 Å². The number of hydrogen-bond acceptors (Lipinski definition) is 6. The maximum atomic E-state index is 10.9. The van der Waals surface area contributed by atoms with Crippen LogP contribution in [0.3, 0.4) is 0 Å². The summed E-state index contributed by atoms with van der Waals surface area (Å²) in [6.45, 7) is 1.84. The molecule has 2 rings (SSSR count). The van der Waals surface area contributed by atoms with Crippen molar-refractivity contribution in [2.45, 2.75) is 24.3 Å². The summed E-state index contributed by atoms with van der Waals surface area (Å²) in [4.78, 5) is 11.8. The van der Waals surface area contributed by atoms with E-state index in [-0.39, 0.29) is 0 Å². The molecule has 1 unspecified atom stereocenters. The predicted octanol–water partition coefficient (Wildman–Crippen LogP) is 2.89. The number of thioether (sulfide) groups is 1. The highest BCUT2D eigenvalue weighted by molar-refractivity contribution is 7.99. The van der Waals surface area contributed by atoms with Gasteiger partial charge < -0.3 is 9.52 Å². The molecule has 96 valence electrons. The molecule has 0 radical (unpaired) electrons. The third-order valence-electron chi connectivity index (χ3n) is 2.25. The van der Waals surface area contributed by atoms with Gasteiger partial charge in [-0.1, -0.05) is 13.0 Å². The molecule has 2 aromatic rings. The Bertz CT molecular complexity index is 510. The van der Waals surface area contributed by atoms with Crippen LogP contribution in [0.1, 0.15) is 19.2 Å². The summed E-state index contributed by atoms with van der Waals surface area (Å²) >= 11 is 2.83. The second-order valence-electron chi connectivity index (χ2n) is 3.52. The van der Waals surface area contributed by atoms with E-state index in [0.29, 0.717) is 24.0 Å². The van der Waals surface area contributed by atoms with E-state index in [1.165, 1.54) is 23.1 Å². The molecule has 0 amide bonds. The maximum absolute atomic E-state index is 10.9. The molecular weight excluding hydrogens is 272 g/mol. The normalized spacial score (nSPS) is 12.5. The molecule has 0 spiro atoms. The minimum atomic E-state index is -0.805. The number of carbonyl (C=O) groups is 1. The third kappa shape index (κ3) is 3.11. The first-order chi connectivity index (χ1) is 8.70. The van der Waals surface area contributed by atoms with E-state index in [0.717, 1.165) is 4.88 Å². The Labute approximate surface area is 112 Å². The highest BCUT2D eigenvalue weighted by Gasteiger charge is 2.17. The number of aromatic nitrogens is 2. The lowest BCUT2D eigenvalue weighted by Crippen LogP contribution is -2.15. The van der Waals surface area contributed by atoms with Gasteiger partial charge >= 0.3 is 5.97 Å². The summed E-state index contributed by atoms with van der Waals surface area (Å²) in [6.07, 6.45) is 0.575. The van der Waals surface area contributed by atoms with Crippen LogP contribution < -0.4 is 0 Å². The number of thiophene rings is 1. The Morgan fingerprint density at radius 1 is 1.61 bits per heavy atom. The standard InChI is InChI=1S/C11H12N2O3S2/c1-2-7(11(14)15)18-6-9-12-13-10(16-9)8-4-3-5-17-8/h3-5,7H,2,6H2,1H3,(H,14,15). The van der Waals surface area contributed by atoms with Gasteiger partial charge in [-0.2, -0.15) is 0 Å². The summed E-state index contributed by atoms with van der Waals surface area (Å²) < 4.78 is 5.48. The molecule has 1 atom stereocenters. The first-order valence-corrected chi connectivity index (χ1v) is 7.34. The van der Waals surface area contributed by atoms with E-state index >= 15 is 0 Å². The molecule has 2 aromatic heterocycles. The number of nitrogens with zero attached hydrogens (tertiary/aromatic N) is 2. The fourth-order valence-electron chi connectivity index (χ4n) is 1.35. The molecule has 0 aliphatic carbocycles. The van der Waals surface area contributed by atoms with Crippen molar-refractivity contribution in [3.8, 4) is 10.8 Å². The van der Waals surface area contributed by atoms with Gasteiger partial charge in [-0.15, -0.1) is 33.3 Å². The molecule has 0 aromatic carbocycles. The zero-order valence-corrected chi connectivity index (χ0v) is 11.3. The first kappa shape index (κ1) is 13.1. The third-order valence-corrected chi connectivity index (χ3v) is 4.46. The van der Waals surface area contributed by atoms with E-state index in [9.17, 15) is 4.79 Å². The van der Waals surface area contributed by atoms with Crippen molar-refractivity contribution >= 4 is 29.1 Å². The van der Waals surface area contributed by atoms with Crippen molar-refractivity contribution in [2.75, 3.05) is 0 Å². The average Bonchev–Trinajstić information content (AvgIpc) is 2.99. The average molecular weight is 284 g/mol. The van der Waals surface area contributed by atoms with Crippen molar-refractivity contribution in [2.24, 2.45) is 0 Å². The molecule has 7 heteroatoms. The van der Waals surface area contributed by atoms with Crippen LogP contribution in [-0.2, 0) is 10.5 Å². The fourth-order valence-corrected chi connectivity index (χ4v) is 2.83. The molecule has 0 aliphatic heterocycles. The summed E-state index contributed by atoms with van der Waals surface area (Å²) in [7, 11) is 0. The molecule has 5 nitrogen and oxygen atoms in total. The maximum Gasteiger partial charge on any atom is 0.316 e. The van der Waals surface area contributed by atoms with Crippen LogP contribution in [-0.4, -0.2) is 26.5 Å². The summed E-state index contributed by atoms with van der Waals surface area (Å²) in [5.74, 6) is 0.566. The van der Waals surface area contributed by atoms with Crippen molar-refractivity contribution < 1.29 is 14.3 Å². The van der Waals surface area contributed by atoms with Gasteiger partial charge in [0.1, 0.15) is 5.25 Å². The molecule has 0 saturated carbocycles. The highest BCUT2D eigenvalue weighted by atomic mass is 32.2. The van der Waals surface area contributed by atoms with Crippen molar-refractivity contribution in [1.29, 1.82) is 0 Å². The van der Waals surface area contributed by atoms with Gasteiger partial charge in [-0.05, 0) is 17.9 Å². The van der Waals surface area contributed by atoms with Crippen LogP contribution in [0.4, 0.5) is 0 Å². The topological polar surface area (TPSA) is 76.2 Å². The minimum Gasteiger partial charge on any atom is -0.480 e. The Morgan fingerprint density at radius 3 is 3.06 bits per heavy atom. The Morgan fingerprint density at radius 2 is 2.44 bits per heavy atom. The van der Waals surface area contributed by atoms with Gasteiger partial charge in [-0.3, -0.25) is 4.79 Å².